The molecule has 3 heterocycles. The lowest BCUT2D eigenvalue weighted by molar-refractivity contribution is 0.0627. The summed E-state index contributed by atoms with van der Waals surface area (Å²) in [6, 6.07) is 13.8. The van der Waals surface area contributed by atoms with Crippen LogP contribution in [0, 0.1) is 5.82 Å². The molecule has 1 aromatic heterocycles. The molecule has 3 aromatic rings. The molecule has 7 heteroatoms. The van der Waals surface area contributed by atoms with Gasteiger partial charge in [-0.05, 0) is 50.2 Å². The normalized spacial score (nSPS) is 17.5. The average molecular weight is 449 g/mol. The van der Waals surface area contributed by atoms with Crippen molar-refractivity contribution in [2.75, 3.05) is 52.4 Å². The summed E-state index contributed by atoms with van der Waals surface area (Å²) >= 11 is 0. The number of halogens is 1. The highest BCUT2D eigenvalue weighted by Gasteiger charge is 2.26. The molecule has 5 rings (SSSR count). The summed E-state index contributed by atoms with van der Waals surface area (Å²) in [6.07, 6.45) is 4.14. The minimum absolute atomic E-state index is 0.0181. The summed E-state index contributed by atoms with van der Waals surface area (Å²) in [5, 5.41) is 0. The zero-order valence-electron chi connectivity index (χ0n) is 18.8. The third kappa shape index (κ3) is 4.84. The van der Waals surface area contributed by atoms with Crippen LogP contribution in [0.15, 0.2) is 59.1 Å². The zero-order valence-corrected chi connectivity index (χ0v) is 18.8. The minimum Gasteiger partial charge on any atom is -0.436 e. The quantitative estimate of drug-likeness (QED) is 0.571. The predicted octanol–water partition coefficient (Wildman–Crippen LogP) is 4.00. The molecule has 0 atom stereocenters. The van der Waals surface area contributed by atoms with Crippen LogP contribution < -0.4 is 0 Å². The van der Waals surface area contributed by atoms with Crippen LogP contribution in [0.5, 0.6) is 0 Å². The summed E-state index contributed by atoms with van der Waals surface area (Å²) in [7, 11) is 0. The van der Waals surface area contributed by atoms with Crippen LogP contribution in [0.25, 0.3) is 22.8 Å². The molecule has 0 unspecified atom stereocenters. The number of aromatic nitrogens is 1. The van der Waals surface area contributed by atoms with E-state index in [1.165, 1.54) is 38.2 Å². The number of carbonyl (C=O) groups excluding carboxylic acids is 1. The Bertz CT molecular complexity index is 1100. The SMILES string of the molecule is O=C(c1ccccc1-c1ncc(-c2ccccc2F)o1)N1CCN(CCN2CCCC2)CC1. The fraction of sp³-hybridized carbons (Fsp3) is 0.385. The largest absolute Gasteiger partial charge is 0.436 e. The number of amides is 1. The van der Waals surface area contributed by atoms with Gasteiger partial charge in [0.2, 0.25) is 5.89 Å². The van der Waals surface area contributed by atoms with E-state index in [2.05, 4.69) is 14.8 Å². The van der Waals surface area contributed by atoms with Gasteiger partial charge in [0.25, 0.3) is 5.91 Å². The van der Waals surface area contributed by atoms with Crippen LogP contribution >= 0.6 is 0 Å². The van der Waals surface area contributed by atoms with Crippen molar-refractivity contribution in [3.05, 3.63) is 66.1 Å². The Labute approximate surface area is 193 Å². The van der Waals surface area contributed by atoms with Gasteiger partial charge in [-0.1, -0.05) is 24.3 Å². The van der Waals surface area contributed by atoms with Gasteiger partial charge in [0, 0.05) is 44.8 Å². The number of hydrogen-bond donors (Lipinski definition) is 0. The number of benzene rings is 2. The number of nitrogens with zero attached hydrogens (tertiary/aromatic N) is 4. The van der Waals surface area contributed by atoms with Crippen molar-refractivity contribution in [3.8, 4) is 22.8 Å². The van der Waals surface area contributed by atoms with Gasteiger partial charge in [0.15, 0.2) is 5.76 Å². The molecular weight excluding hydrogens is 419 g/mol. The summed E-state index contributed by atoms with van der Waals surface area (Å²) in [4.78, 5) is 24.6. The second-order valence-electron chi connectivity index (χ2n) is 8.74. The number of oxazole rings is 1. The Kier molecular flexibility index (Phi) is 6.51. The van der Waals surface area contributed by atoms with E-state index in [-0.39, 0.29) is 11.7 Å². The lowest BCUT2D eigenvalue weighted by Crippen LogP contribution is -2.50. The van der Waals surface area contributed by atoms with E-state index in [9.17, 15) is 9.18 Å². The van der Waals surface area contributed by atoms with Crippen LogP contribution in [-0.2, 0) is 0 Å². The first-order valence-corrected chi connectivity index (χ1v) is 11.7. The monoisotopic (exact) mass is 448 g/mol. The van der Waals surface area contributed by atoms with Crippen molar-refractivity contribution in [1.82, 2.24) is 19.7 Å². The Morgan fingerprint density at radius 2 is 1.48 bits per heavy atom. The molecule has 2 fully saturated rings. The molecule has 6 nitrogen and oxygen atoms in total. The van der Waals surface area contributed by atoms with E-state index >= 15 is 0 Å². The van der Waals surface area contributed by atoms with Crippen LogP contribution in [0.3, 0.4) is 0 Å². The third-order valence-corrected chi connectivity index (χ3v) is 6.62. The Morgan fingerprint density at radius 3 is 2.21 bits per heavy atom. The molecule has 0 spiro atoms. The first kappa shape index (κ1) is 21.8. The first-order chi connectivity index (χ1) is 16.2. The van der Waals surface area contributed by atoms with Crippen molar-refractivity contribution in [2.24, 2.45) is 0 Å². The van der Waals surface area contributed by atoms with Gasteiger partial charge >= 0.3 is 0 Å². The maximum Gasteiger partial charge on any atom is 0.254 e. The van der Waals surface area contributed by atoms with Crippen molar-refractivity contribution in [1.29, 1.82) is 0 Å². The van der Waals surface area contributed by atoms with Crippen LogP contribution in [0.2, 0.25) is 0 Å². The standard InChI is InChI=1S/C26H29FN4O2/c27-23-10-4-3-9-22(23)24-19-28-25(33-24)20-7-1-2-8-21(20)26(32)31-17-15-30(16-18-31)14-13-29-11-5-6-12-29/h1-4,7-10,19H,5-6,11-18H2. The van der Waals surface area contributed by atoms with Crippen molar-refractivity contribution in [2.45, 2.75) is 12.8 Å². The lowest BCUT2D eigenvalue weighted by atomic mass is 10.1. The van der Waals surface area contributed by atoms with Gasteiger partial charge in [0.05, 0.1) is 17.3 Å². The molecule has 2 aliphatic rings. The molecule has 0 N–H and O–H groups in total. The van der Waals surface area contributed by atoms with Crippen LogP contribution in [-0.4, -0.2) is 77.9 Å². The Morgan fingerprint density at radius 1 is 0.848 bits per heavy atom. The van der Waals surface area contributed by atoms with Gasteiger partial charge in [-0.15, -0.1) is 0 Å². The predicted molar refractivity (Wildman–Crippen MR) is 125 cm³/mol. The van der Waals surface area contributed by atoms with Crippen molar-refractivity contribution < 1.29 is 13.6 Å². The van der Waals surface area contributed by atoms with Crippen LogP contribution in [0.4, 0.5) is 4.39 Å². The lowest BCUT2D eigenvalue weighted by Gasteiger charge is -2.35. The fourth-order valence-corrected chi connectivity index (χ4v) is 4.67. The number of carbonyl (C=O) groups is 1. The number of piperazine rings is 1. The van der Waals surface area contributed by atoms with Crippen molar-refractivity contribution >= 4 is 5.91 Å². The summed E-state index contributed by atoms with van der Waals surface area (Å²) in [5.41, 5.74) is 1.54. The molecule has 0 saturated carbocycles. The summed E-state index contributed by atoms with van der Waals surface area (Å²) in [6.45, 7) is 7.80. The molecule has 0 bridgehead atoms. The first-order valence-electron chi connectivity index (χ1n) is 11.7. The molecule has 2 aromatic carbocycles. The topological polar surface area (TPSA) is 52.8 Å². The second-order valence-corrected chi connectivity index (χ2v) is 8.74. The molecular formula is C26H29FN4O2. The Balaban J connectivity index is 1.26. The Hall–Kier alpha value is -3.03. The van der Waals surface area contributed by atoms with E-state index < -0.39 is 0 Å². The minimum atomic E-state index is -0.368. The third-order valence-electron chi connectivity index (χ3n) is 6.62. The summed E-state index contributed by atoms with van der Waals surface area (Å²) < 4.78 is 20.0. The smallest absolute Gasteiger partial charge is 0.254 e. The molecule has 33 heavy (non-hydrogen) atoms. The van der Waals surface area contributed by atoms with Gasteiger partial charge in [-0.2, -0.15) is 0 Å². The van der Waals surface area contributed by atoms with Crippen molar-refractivity contribution in [3.63, 3.8) is 0 Å². The molecule has 0 radical (unpaired) electrons. The van der Waals surface area contributed by atoms with E-state index in [0.717, 1.165) is 26.2 Å². The molecule has 0 aliphatic carbocycles. The zero-order chi connectivity index (χ0) is 22.6. The van der Waals surface area contributed by atoms with E-state index in [4.69, 9.17) is 4.42 Å². The van der Waals surface area contributed by atoms with Gasteiger partial charge in [0.1, 0.15) is 5.82 Å². The highest BCUT2D eigenvalue weighted by Crippen LogP contribution is 2.30. The molecule has 2 saturated heterocycles. The van der Waals surface area contributed by atoms with Crippen LogP contribution in [0.1, 0.15) is 23.2 Å². The second kappa shape index (κ2) is 9.85. The highest BCUT2D eigenvalue weighted by molar-refractivity contribution is 6.00. The van der Waals surface area contributed by atoms with Gasteiger partial charge in [-0.25, -0.2) is 9.37 Å². The van der Waals surface area contributed by atoms with Gasteiger partial charge in [-0.3, -0.25) is 9.69 Å². The maximum atomic E-state index is 14.2. The fourth-order valence-electron chi connectivity index (χ4n) is 4.67. The molecule has 2 aliphatic heterocycles. The highest BCUT2D eigenvalue weighted by atomic mass is 19.1. The number of rotatable bonds is 6. The van der Waals surface area contributed by atoms with E-state index in [0.29, 0.717) is 41.4 Å². The van der Waals surface area contributed by atoms with Gasteiger partial charge < -0.3 is 14.2 Å². The number of hydrogen-bond acceptors (Lipinski definition) is 5. The molecule has 172 valence electrons. The summed E-state index contributed by atoms with van der Waals surface area (Å²) in [5.74, 6) is 0.279. The van der Waals surface area contributed by atoms with E-state index in [1.54, 1.807) is 18.2 Å². The number of likely N-dealkylation sites (tertiary alicyclic amines) is 1. The van der Waals surface area contributed by atoms with E-state index in [1.807, 2.05) is 29.2 Å². The average Bonchev–Trinajstić information content (AvgIpc) is 3.56. The maximum absolute atomic E-state index is 14.2. The molecule has 1 amide bonds.